The van der Waals surface area contributed by atoms with Crippen molar-refractivity contribution in [3.05, 3.63) is 71.0 Å². The summed E-state index contributed by atoms with van der Waals surface area (Å²) >= 11 is 0. The summed E-state index contributed by atoms with van der Waals surface area (Å²) in [5, 5.41) is 0. The summed E-state index contributed by atoms with van der Waals surface area (Å²) in [5.41, 5.74) is 2.57. The molecule has 1 N–H and O–H groups in total. The Morgan fingerprint density at radius 3 is 2.41 bits per heavy atom. The summed E-state index contributed by atoms with van der Waals surface area (Å²) in [6, 6.07) is 14.1. The number of halogens is 1. The van der Waals surface area contributed by atoms with Gasteiger partial charge in [-0.05, 0) is 31.4 Å². The molecule has 118 valence electrons. The van der Waals surface area contributed by atoms with E-state index in [9.17, 15) is 12.8 Å². The quantitative estimate of drug-likeness (QED) is 0.796. The molecule has 0 saturated heterocycles. The van der Waals surface area contributed by atoms with Gasteiger partial charge in [-0.15, -0.1) is 0 Å². The van der Waals surface area contributed by atoms with Gasteiger partial charge < -0.3 is 0 Å². The van der Waals surface area contributed by atoms with Crippen LogP contribution in [0.15, 0.2) is 48.5 Å². The number of aryl methyl sites for hydroxylation is 2. The van der Waals surface area contributed by atoms with E-state index in [1.807, 2.05) is 31.2 Å². The van der Waals surface area contributed by atoms with Crippen molar-refractivity contribution in [2.24, 2.45) is 0 Å². The lowest BCUT2D eigenvalue weighted by Gasteiger charge is -2.08. The zero-order chi connectivity index (χ0) is 16.0. The maximum atomic E-state index is 13.5. The van der Waals surface area contributed by atoms with E-state index >= 15 is 0 Å². The molecule has 5 heteroatoms. The predicted octanol–water partition coefficient (Wildman–Crippen LogP) is 3.19. The van der Waals surface area contributed by atoms with Crippen molar-refractivity contribution in [3.63, 3.8) is 0 Å². The molecule has 0 radical (unpaired) electrons. The van der Waals surface area contributed by atoms with Crippen molar-refractivity contribution in [1.82, 2.24) is 4.72 Å². The fourth-order valence-electron chi connectivity index (χ4n) is 2.15. The van der Waals surface area contributed by atoms with Gasteiger partial charge in [-0.1, -0.05) is 48.0 Å². The van der Waals surface area contributed by atoms with Crippen molar-refractivity contribution < 1.29 is 12.8 Å². The Kier molecular flexibility index (Phi) is 5.69. The summed E-state index contributed by atoms with van der Waals surface area (Å²) in [7, 11) is -3.51. The molecule has 0 spiro atoms. The number of hydrogen-bond acceptors (Lipinski definition) is 2. The van der Waals surface area contributed by atoms with E-state index in [0.29, 0.717) is 13.0 Å². The first kappa shape index (κ1) is 16.6. The molecule has 0 atom stereocenters. The van der Waals surface area contributed by atoms with Gasteiger partial charge >= 0.3 is 0 Å². The molecule has 2 aromatic carbocycles. The average molecular weight is 321 g/mol. The topological polar surface area (TPSA) is 46.2 Å². The predicted molar refractivity (Wildman–Crippen MR) is 86.5 cm³/mol. The van der Waals surface area contributed by atoms with E-state index in [4.69, 9.17) is 0 Å². The van der Waals surface area contributed by atoms with Crippen molar-refractivity contribution in [2.45, 2.75) is 25.5 Å². The highest BCUT2D eigenvalue weighted by Crippen LogP contribution is 2.10. The maximum Gasteiger partial charge on any atom is 0.215 e. The van der Waals surface area contributed by atoms with Crippen LogP contribution >= 0.6 is 0 Å². The molecule has 3 nitrogen and oxygen atoms in total. The van der Waals surface area contributed by atoms with Crippen LogP contribution in [0.25, 0.3) is 0 Å². The van der Waals surface area contributed by atoms with Crippen LogP contribution in [0.3, 0.4) is 0 Å². The highest BCUT2D eigenvalue weighted by molar-refractivity contribution is 7.88. The van der Waals surface area contributed by atoms with Crippen LogP contribution in [-0.2, 0) is 22.2 Å². The summed E-state index contributed by atoms with van der Waals surface area (Å²) in [5.74, 6) is -0.822. The molecule has 0 unspecified atom stereocenters. The molecule has 0 bridgehead atoms. The third-order valence-corrected chi connectivity index (χ3v) is 4.72. The highest BCUT2D eigenvalue weighted by atomic mass is 32.2. The fraction of sp³-hybridized carbons (Fsp3) is 0.294. The van der Waals surface area contributed by atoms with Gasteiger partial charge in [-0.3, -0.25) is 0 Å². The van der Waals surface area contributed by atoms with Crippen LogP contribution in [0, 0.1) is 12.7 Å². The Morgan fingerprint density at radius 1 is 1.05 bits per heavy atom. The van der Waals surface area contributed by atoms with E-state index in [0.717, 1.165) is 6.42 Å². The Morgan fingerprint density at radius 2 is 1.73 bits per heavy atom. The third kappa shape index (κ3) is 5.24. The van der Waals surface area contributed by atoms with Gasteiger partial charge in [0.25, 0.3) is 0 Å². The second kappa shape index (κ2) is 7.51. The third-order valence-electron chi connectivity index (χ3n) is 3.39. The minimum atomic E-state index is -3.51. The van der Waals surface area contributed by atoms with E-state index in [1.165, 1.54) is 23.3 Å². The molecular weight excluding hydrogens is 301 g/mol. The standard InChI is InChI=1S/C17H20FNO2S/c1-14-8-10-15(11-9-14)5-4-12-19-22(20,21)13-16-6-2-3-7-17(16)18/h2-3,6-11,19H,4-5,12-13H2,1H3. The molecule has 0 amide bonds. The number of hydrogen-bond donors (Lipinski definition) is 1. The van der Waals surface area contributed by atoms with Crippen LogP contribution in [0.5, 0.6) is 0 Å². The van der Waals surface area contributed by atoms with Gasteiger partial charge in [0.2, 0.25) is 10.0 Å². The van der Waals surface area contributed by atoms with Crippen LogP contribution in [-0.4, -0.2) is 15.0 Å². The normalized spacial score (nSPS) is 11.5. The van der Waals surface area contributed by atoms with Gasteiger partial charge in [-0.2, -0.15) is 0 Å². The Bertz CT molecular complexity index is 712. The monoisotopic (exact) mass is 321 g/mol. The lowest BCUT2D eigenvalue weighted by molar-refractivity contribution is 0.572. The minimum absolute atomic E-state index is 0.188. The van der Waals surface area contributed by atoms with Crippen LogP contribution < -0.4 is 4.72 Å². The SMILES string of the molecule is Cc1ccc(CCCNS(=O)(=O)Cc2ccccc2F)cc1. The zero-order valence-corrected chi connectivity index (χ0v) is 13.4. The summed E-state index contributed by atoms with van der Waals surface area (Å²) in [6.45, 7) is 2.38. The molecule has 2 rings (SSSR count). The molecule has 0 heterocycles. The Balaban J connectivity index is 1.80. The molecule has 0 saturated carbocycles. The largest absolute Gasteiger partial charge is 0.215 e. The number of rotatable bonds is 7. The number of nitrogens with one attached hydrogen (secondary N) is 1. The van der Waals surface area contributed by atoms with Gasteiger partial charge in [-0.25, -0.2) is 17.5 Å². The molecule has 0 fully saturated rings. The van der Waals surface area contributed by atoms with Crippen LogP contribution in [0.1, 0.15) is 23.1 Å². The van der Waals surface area contributed by atoms with E-state index in [2.05, 4.69) is 4.72 Å². The molecule has 0 aliphatic heterocycles. The molecule has 0 aromatic heterocycles. The average Bonchev–Trinajstić information content (AvgIpc) is 2.48. The van der Waals surface area contributed by atoms with Gasteiger partial charge in [0.05, 0.1) is 5.75 Å². The number of benzene rings is 2. The first-order chi connectivity index (χ1) is 10.5. The second-order valence-corrected chi connectivity index (χ2v) is 7.14. The molecule has 2 aromatic rings. The van der Waals surface area contributed by atoms with Gasteiger partial charge in [0.1, 0.15) is 5.82 Å². The van der Waals surface area contributed by atoms with Crippen molar-refractivity contribution in [3.8, 4) is 0 Å². The maximum absolute atomic E-state index is 13.5. The fourth-order valence-corrected chi connectivity index (χ4v) is 3.35. The Hall–Kier alpha value is -1.72. The van der Waals surface area contributed by atoms with E-state index < -0.39 is 15.8 Å². The smallest absolute Gasteiger partial charge is 0.215 e. The summed E-state index contributed by atoms with van der Waals surface area (Å²) in [4.78, 5) is 0. The van der Waals surface area contributed by atoms with E-state index in [-0.39, 0.29) is 11.3 Å². The van der Waals surface area contributed by atoms with Crippen molar-refractivity contribution in [2.75, 3.05) is 6.54 Å². The first-order valence-electron chi connectivity index (χ1n) is 7.22. The highest BCUT2D eigenvalue weighted by Gasteiger charge is 2.13. The molecule has 0 aliphatic rings. The summed E-state index contributed by atoms with van der Waals surface area (Å²) < 4.78 is 39.9. The zero-order valence-electron chi connectivity index (χ0n) is 12.5. The van der Waals surface area contributed by atoms with Crippen molar-refractivity contribution in [1.29, 1.82) is 0 Å². The van der Waals surface area contributed by atoms with Crippen LogP contribution in [0.4, 0.5) is 4.39 Å². The first-order valence-corrected chi connectivity index (χ1v) is 8.88. The second-order valence-electron chi connectivity index (χ2n) is 5.33. The van der Waals surface area contributed by atoms with Crippen molar-refractivity contribution >= 4 is 10.0 Å². The number of sulfonamides is 1. The molecule has 22 heavy (non-hydrogen) atoms. The lowest BCUT2D eigenvalue weighted by atomic mass is 10.1. The van der Waals surface area contributed by atoms with Crippen LogP contribution in [0.2, 0.25) is 0 Å². The summed E-state index contributed by atoms with van der Waals surface area (Å²) in [6.07, 6.45) is 1.52. The molecule has 0 aliphatic carbocycles. The van der Waals surface area contributed by atoms with Gasteiger partial charge in [0.15, 0.2) is 0 Å². The Labute approximate surface area is 131 Å². The van der Waals surface area contributed by atoms with Gasteiger partial charge in [0, 0.05) is 12.1 Å². The minimum Gasteiger partial charge on any atom is -0.215 e. The molecular formula is C17H20FNO2S. The lowest BCUT2D eigenvalue weighted by Crippen LogP contribution is -2.26. The van der Waals surface area contributed by atoms with E-state index in [1.54, 1.807) is 12.1 Å².